The van der Waals surface area contributed by atoms with Gasteiger partial charge >= 0.3 is 0 Å². The van der Waals surface area contributed by atoms with Gasteiger partial charge in [-0.3, -0.25) is 5.43 Å². The molecule has 0 saturated heterocycles. The molecule has 2 rings (SSSR count). The van der Waals surface area contributed by atoms with Crippen molar-refractivity contribution in [1.29, 1.82) is 0 Å². The van der Waals surface area contributed by atoms with Crippen LogP contribution in [0.1, 0.15) is 5.56 Å². The molecule has 0 amide bonds. The zero-order chi connectivity index (χ0) is 9.97. The number of hydrogen-bond donors (Lipinski definition) is 3. The zero-order valence-corrected chi connectivity index (χ0v) is 7.16. The Balaban J connectivity index is 2.21. The topological polar surface area (TPSA) is 74.8 Å². The summed E-state index contributed by atoms with van der Waals surface area (Å²) >= 11 is 0. The van der Waals surface area contributed by atoms with Crippen LogP contribution in [-0.4, -0.2) is 11.8 Å². The van der Waals surface area contributed by atoms with Crippen LogP contribution in [0.25, 0.3) is 0 Å². The first-order valence-electron chi connectivity index (χ1n) is 3.94. The number of halogens is 1. The maximum atomic E-state index is 12.6. The summed E-state index contributed by atoms with van der Waals surface area (Å²) in [7, 11) is 0. The molecule has 1 aliphatic rings. The number of hydrazone groups is 2. The molecule has 0 spiro atoms. The summed E-state index contributed by atoms with van der Waals surface area (Å²) in [4.78, 5) is 0. The van der Waals surface area contributed by atoms with Gasteiger partial charge < -0.3 is 5.73 Å². The lowest BCUT2D eigenvalue weighted by molar-refractivity contribution is 0.627. The Bertz CT molecular complexity index is 395. The van der Waals surface area contributed by atoms with Crippen molar-refractivity contribution in [3.63, 3.8) is 0 Å². The van der Waals surface area contributed by atoms with E-state index < -0.39 is 0 Å². The van der Waals surface area contributed by atoms with E-state index in [1.54, 1.807) is 12.1 Å². The van der Waals surface area contributed by atoms with Gasteiger partial charge in [-0.25, -0.2) is 9.82 Å². The molecule has 4 N–H and O–H groups in total. The number of nitrogens with one attached hydrogen (secondary N) is 2. The van der Waals surface area contributed by atoms with E-state index in [0.29, 0.717) is 5.84 Å². The summed E-state index contributed by atoms with van der Waals surface area (Å²) in [5.41, 5.74) is 11.2. The van der Waals surface area contributed by atoms with Gasteiger partial charge in [-0.05, 0) is 24.3 Å². The van der Waals surface area contributed by atoms with Crippen LogP contribution in [0.2, 0.25) is 0 Å². The van der Waals surface area contributed by atoms with E-state index >= 15 is 0 Å². The van der Waals surface area contributed by atoms with E-state index in [9.17, 15) is 4.39 Å². The van der Waals surface area contributed by atoms with Crippen LogP contribution in [0.5, 0.6) is 0 Å². The van der Waals surface area contributed by atoms with Gasteiger partial charge in [-0.2, -0.15) is 5.10 Å². The lowest BCUT2D eigenvalue weighted by atomic mass is 10.2. The van der Waals surface area contributed by atoms with Crippen molar-refractivity contribution >= 4 is 11.8 Å². The summed E-state index contributed by atoms with van der Waals surface area (Å²) in [6.45, 7) is 0. The molecule has 5 nitrogen and oxygen atoms in total. The summed E-state index contributed by atoms with van der Waals surface area (Å²) < 4.78 is 12.6. The van der Waals surface area contributed by atoms with Crippen molar-refractivity contribution in [1.82, 2.24) is 10.9 Å². The van der Waals surface area contributed by atoms with E-state index in [1.165, 1.54) is 12.1 Å². The minimum absolute atomic E-state index is 0.191. The number of rotatable bonds is 1. The molecule has 1 aromatic rings. The highest BCUT2D eigenvalue weighted by atomic mass is 19.1. The number of nitrogens with two attached hydrogens (primary N) is 1. The molecule has 0 bridgehead atoms. The zero-order valence-electron chi connectivity index (χ0n) is 7.16. The molecule has 0 unspecified atom stereocenters. The standard InChI is InChI=1S/C8H8FN5/c9-6-3-1-5(2-4-6)7-11-13-8(10)14-12-7/h1-4H,(H,11,12)(H3,10,13,14). The third-order valence-corrected chi connectivity index (χ3v) is 1.68. The predicted octanol–water partition coefficient (Wildman–Crippen LogP) is -0.0902. The van der Waals surface area contributed by atoms with E-state index in [0.717, 1.165) is 5.56 Å². The maximum Gasteiger partial charge on any atom is 0.232 e. The molecule has 1 aliphatic heterocycles. The molecule has 1 heterocycles. The summed E-state index contributed by atoms with van der Waals surface area (Å²) in [5.74, 6) is 0.399. The fraction of sp³-hybridized carbons (Fsp3) is 0. The molecule has 0 radical (unpaired) electrons. The predicted molar refractivity (Wildman–Crippen MR) is 50.8 cm³/mol. The van der Waals surface area contributed by atoms with Gasteiger partial charge in [0, 0.05) is 5.56 Å². The molecule has 1 aromatic carbocycles. The monoisotopic (exact) mass is 193 g/mol. The molecule has 72 valence electrons. The lowest BCUT2D eigenvalue weighted by Gasteiger charge is -2.11. The SMILES string of the molecule is NC1=NNC(c2ccc(F)cc2)=NN1. The van der Waals surface area contributed by atoms with E-state index in [-0.39, 0.29) is 11.8 Å². The van der Waals surface area contributed by atoms with Crippen LogP contribution in [0, 0.1) is 5.82 Å². The molecular weight excluding hydrogens is 185 g/mol. The summed E-state index contributed by atoms with van der Waals surface area (Å²) in [5, 5.41) is 7.61. The van der Waals surface area contributed by atoms with E-state index in [2.05, 4.69) is 21.1 Å². The highest BCUT2D eigenvalue weighted by Gasteiger charge is 2.06. The second kappa shape index (κ2) is 3.33. The number of nitrogens with zero attached hydrogens (tertiary/aromatic N) is 2. The van der Waals surface area contributed by atoms with Crippen LogP contribution in [-0.2, 0) is 0 Å². The Kier molecular flexibility index (Phi) is 2.02. The second-order valence-electron chi connectivity index (χ2n) is 2.69. The molecule has 0 saturated carbocycles. The molecule has 0 fully saturated rings. The quantitative estimate of drug-likeness (QED) is 0.583. The third kappa shape index (κ3) is 1.63. The molecule has 0 aromatic heterocycles. The fourth-order valence-electron chi connectivity index (χ4n) is 1.01. The van der Waals surface area contributed by atoms with Gasteiger partial charge in [-0.1, -0.05) is 0 Å². The van der Waals surface area contributed by atoms with Crippen LogP contribution in [0.3, 0.4) is 0 Å². The Morgan fingerprint density at radius 2 is 1.79 bits per heavy atom. The fourth-order valence-corrected chi connectivity index (χ4v) is 1.01. The first-order valence-corrected chi connectivity index (χ1v) is 3.94. The largest absolute Gasteiger partial charge is 0.367 e. The highest BCUT2D eigenvalue weighted by molar-refractivity contribution is 6.01. The number of amidine groups is 1. The average Bonchev–Trinajstić information content (AvgIpc) is 2.21. The molecular formula is C8H8FN5. The number of hydrogen-bond acceptors (Lipinski definition) is 5. The Morgan fingerprint density at radius 1 is 1.07 bits per heavy atom. The van der Waals surface area contributed by atoms with E-state index in [1.807, 2.05) is 0 Å². The normalized spacial score (nSPS) is 14.9. The summed E-state index contributed by atoms with van der Waals surface area (Å²) in [6, 6.07) is 5.89. The number of benzene rings is 1. The number of guanidine groups is 1. The Morgan fingerprint density at radius 3 is 2.36 bits per heavy atom. The molecule has 0 aliphatic carbocycles. The minimum atomic E-state index is -0.291. The van der Waals surface area contributed by atoms with Crippen molar-refractivity contribution < 1.29 is 4.39 Å². The first kappa shape index (κ1) is 8.49. The van der Waals surface area contributed by atoms with Crippen LogP contribution >= 0.6 is 0 Å². The van der Waals surface area contributed by atoms with Crippen LogP contribution < -0.4 is 16.6 Å². The first-order chi connectivity index (χ1) is 6.75. The average molecular weight is 193 g/mol. The Hall–Kier alpha value is -2.11. The van der Waals surface area contributed by atoms with Gasteiger partial charge in [0.05, 0.1) is 0 Å². The van der Waals surface area contributed by atoms with Crippen molar-refractivity contribution in [2.24, 2.45) is 15.9 Å². The smallest absolute Gasteiger partial charge is 0.232 e. The maximum absolute atomic E-state index is 12.6. The molecule has 0 atom stereocenters. The van der Waals surface area contributed by atoms with Gasteiger partial charge in [0.15, 0.2) is 5.84 Å². The van der Waals surface area contributed by atoms with Crippen LogP contribution in [0.15, 0.2) is 34.5 Å². The Labute approximate surface area is 79.5 Å². The van der Waals surface area contributed by atoms with Crippen molar-refractivity contribution in [2.45, 2.75) is 0 Å². The van der Waals surface area contributed by atoms with Gasteiger partial charge in [0.25, 0.3) is 0 Å². The highest BCUT2D eigenvalue weighted by Crippen LogP contribution is 2.03. The van der Waals surface area contributed by atoms with E-state index in [4.69, 9.17) is 5.73 Å². The third-order valence-electron chi connectivity index (χ3n) is 1.68. The van der Waals surface area contributed by atoms with Gasteiger partial charge in [-0.15, -0.1) is 5.10 Å². The van der Waals surface area contributed by atoms with Crippen molar-refractivity contribution in [3.8, 4) is 0 Å². The van der Waals surface area contributed by atoms with Crippen LogP contribution in [0.4, 0.5) is 4.39 Å². The van der Waals surface area contributed by atoms with Crippen molar-refractivity contribution in [3.05, 3.63) is 35.6 Å². The minimum Gasteiger partial charge on any atom is -0.367 e. The second-order valence-corrected chi connectivity index (χ2v) is 2.69. The lowest BCUT2D eigenvalue weighted by Crippen LogP contribution is -2.38. The molecule has 6 heteroatoms. The van der Waals surface area contributed by atoms with Crippen molar-refractivity contribution in [2.75, 3.05) is 0 Å². The van der Waals surface area contributed by atoms with Gasteiger partial charge in [0.1, 0.15) is 5.82 Å². The molecule has 14 heavy (non-hydrogen) atoms. The van der Waals surface area contributed by atoms with Gasteiger partial charge in [0.2, 0.25) is 5.96 Å². The summed E-state index contributed by atoms with van der Waals surface area (Å²) in [6.07, 6.45) is 0.